The molecular formula is C11H6Cl4N2O. The van der Waals surface area contributed by atoms with Crippen molar-refractivity contribution in [2.24, 2.45) is 0 Å². The molecule has 2 aromatic heterocycles. The highest BCUT2D eigenvalue weighted by Crippen LogP contribution is 2.19. The van der Waals surface area contributed by atoms with Crippen LogP contribution >= 0.6 is 46.4 Å². The number of carbonyl (C=O) groups excluding carboxylic acids is 1. The number of hydrogen-bond donors (Lipinski definition) is 0. The molecule has 2 heterocycles. The topological polar surface area (TPSA) is 42.9 Å². The predicted octanol–water partition coefficient (Wildman–Crippen LogP) is 4.59. The average molecular weight is 324 g/mol. The van der Waals surface area contributed by atoms with E-state index in [4.69, 9.17) is 46.4 Å². The van der Waals surface area contributed by atoms with E-state index < -0.39 is 0 Å². The maximum absolute atomic E-state index is 10.3. The van der Waals surface area contributed by atoms with Crippen molar-refractivity contribution >= 4 is 52.7 Å². The van der Waals surface area contributed by atoms with Gasteiger partial charge in [-0.3, -0.25) is 14.8 Å². The Hall–Kier alpha value is -0.870. The van der Waals surface area contributed by atoms with Crippen molar-refractivity contribution in [2.45, 2.75) is 0 Å². The molecule has 0 aromatic carbocycles. The molecule has 94 valence electrons. The third-order valence-corrected chi connectivity index (χ3v) is 2.70. The predicted molar refractivity (Wildman–Crippen MR) is 73.9 cm³/mol. The van der Waals surface area contributed by atoms with Gasteiger partial charge in [-0.05, 0) is 6.07 Å². The van der Waals surface area contributed by atoms with Crippen LogP contribution in [-0.2, 0) is 0 Å². The molecule has 0 N–H and O–H groups in total. The Balaban J connectivity index is 0.000000184. The minimum atomic E-state index is 0.280. The number of aromatic nitrogens is 2. The van der Waals surface area contributed by atoms with Gasteiger partial charge in [-0.2, -0.15) is 0 Å². The molecule has 0 unspecified atom stereocenters. The summed E-state index contributed by atoms with van der Waals surface area (Å²) in [6.07, 6.45) is 6.42. The van der Waals surface area contributed by atoms with Gasteiger partial charge in [0.05, 0.1) is 25.7 Å². The Kier molecular flexibility index (Phi) is 6.36. The summed E-state index contributed by atoms with van der Waals surface area (Å²) in [5.74, 6) is 0. The first kappa shape index (κ1) is 15.2. The lowest BCUT2D eigenvalue weighted by Crippen LogP contribution is -1.84. The van der Waals surface area contributed by atoms with Gasteiger partial charge in [0.1, 0.15) is 0 Å². The fourth-order valence-electron chi connectivity index (χ4n) is 0.920. The monoisotopic (exact) mass is 322 g/mol. The summed E-state index contributed by atoms with van der Waals surface area (Å²) in [6, 6.07) is 1.64. The second-order valence-corrected chi connectivity index (χ2v) is 4.64. The molecule has 0 atom stereocenters. The molecule has 0 aliphatic carbocycles. The van der Waals surface area contributed by atoms with Crippen molar-refractivity contribution < 1.29 is 4.79 Å². The molecule has 0 fully saturated rings. The van der Waals surface area contributed by atoms with E-state index in [2.05, 4.69) is 9.97 Å². The maximum atomic E-state index is 10.3. The number of aldehydes is 1. The van der Waals surface area contributed by atoms with Crippen molar-refractivity contribution in [1.82, 2.24) is 9.97 Å². The summed E-state index contributed by atoms with van der Waals surface area (Å²) in [5, 5.41) is 1.69. The molecule has 0 spiro atoms. The van der Waals surface area contributed by atoms with Gasteiger partial charge in [-0.1, -0.05) is 46.4 Å². The van der Waals surface area contributed by atoms with Crippen molar-refractivity contribution in [3.05, 3.63) is 56.5 Å². The normalized spacial score (nSPS) is 9.33. The summed E-state index contributed by atoms with van der Waals surface area (Å²) in [5.41, 5.74) is 0.290. The standard InChI is InChI=1S/C6H3Cl2NO.C5H3Cl2N/c7-5-1-9-2-6(8)4(5)3-10;6-4-1-5(7)3-8-2-4/h1-3H;1-3H. The van der Waals surface area contributed by atoms with E-state index >= 15 is 0 Å². The Morgan fingerprint density at radius 3 is 1.56 bits per heavy atom. The third-order valence-electron chi connectivity index (χ3n) is 1.68. The molecule has 0 saturated carbocycles. The van der Waals surface area contributed by atoms with Gasteiger partial charge in [0, 0.05) is 24.8 Å². The van der Waals surface area contributed by atoms with Gasteiger partial charge in [-0.15, -0.1) is 0 Å². The summed E-state index contributed by atoms with van der Waals surface area (Å²) >= 11 is 22.1. The second kappa shape index (κ2) is 7.54. The minimum Gasteiger partial charge on any atom is -0.298 e. The minimum absolute atomic E-state index is 0.280. The van der Waals surface area contributed by atoms with Crippen LogP contribution in [0.1, 0.15) is 10.4 Å². The molecule has 2 rings (SSSR count). The Bertz CT molecular complexity index is 511. The van der Waals surface area contributed by atoms with E-state index in [0.29, 0.717) is 21.9 Å². The Morgan fingerprint density at radius 2 is 1.28 bits per heavy atom. The summed E-state index contributed by atoms with van der Waals surface area (Å²) in [7, 11) is 0. The lowest BCUT2D eigenvalue weighted by molar-refractivity contribution is 0.112. The van der Waals surface area contributed by atoms with Gasteiger partial charge >= 0.3 is 0 Å². The largest absolute Gasteiger partial charge is 0.298 e. The van der Waals surface area contributed by atoms with Crippen LogP contribution in [0.4, 0.5) is 0 Å². The first-order valence-electron chi connectivity index (χ1n) is 4.55. The zero-order valence-corrected chi connectivity index (χ0v) is 11.8. The van der Waals surface area contributed by atoms with Gasteiger partial charge in [0.15, 0.2) is 6.29 Å². The van der Waals surface area contributed by atoms with Crippen LogP contribution < -0.4 is 0 Å². The molecule has 7 heteroatoms. The molecule has 0 amide bonds. The molecule has 0 saturated heterocycles. The highest BCUT2D eigenvalue weighted by molar-refractivity contribution is 6.38. The number of rotatable bonds is 1. The van der Waals surface area contributed by atoms with Crippen LogP contribution in [-0.4, -0.2) is 16.3 Å². The first-order chi connectivity index (χ1) is 8.54. The lowest BCUT2D eigenvalue weighted by atomic mass is 10.3. The first-order valence-corrected chi connectivity index (χ1v) is 6.06. The van der Waals surface area contributed by atoms with E-state index in [-0.39, 0.29) is 10.0 Å². The van der Waals surface area contributed by atoms with E-state index in [1.807, 2.05) is 0 Å². The van der Waals surface area contributed by atoms with Crippen LogP contribution in [0.5, 0.6) is 0 Å². The van der Waals surface area contributed by atoms with Crippen molar-refractivity contribution in [1.29, 1.82) is 0 Å². The zero-order chi connectivity index (χ0) is 13.5. The van der Waals surface area contributed by atoms with E-state index in [0.717, 1.165) is 0 Å². The van der Waals surface area contributed by atoms with Crippen molar-refractivity contribution in [3.8, 4) is 0 Å². The van der Waals surface area contributed by atoms with Gasteiger partial charge in [0.2, 0.25) is 0 Å². The molecule has 18 heavy (non-hydrogen) atoms. The maximum Gasteiger partial charge on any atom is 0.153 e. The second-order valence-electron chi connectivity index (χ2n) is 2.96. The quantitative estimate of drug-likeness (QED) is 0.721. The molecule has 2 aromatic rings. The average Bonchev–Trinajstić information content (AvgIpc) is 2.29. The number of nitrogens with zero attached hydrogens (tertiary/aromatic N) is 2. The fourth-order valence-corrected chi connectivity index (χ4v) is 1.78. The molecule has 3 nitrogen and oxygen atoms in total. The van der Waals surface area contributed by atoms with Crippen molar-refractivity contribution in [3.63, 3.8) is 0 Å². The highest BCUT2D eigenvalue weighted by atomic mass is 35.5. The van der Waals surface area contributed by atoms with Crippen LogP contribution in [0.2, 0.25) is 20.1 Å². The summed E-state index contributed by atoms with van der Waals surface area (Å²) < 4.78 is 0. The van der Waals surface area contributed by atoms with Crippen LogP contribution in [0, 0.1) is 0 Å². The van der Waals surface area contributed by atoms with E-state index in [1.54, 1.807) is 6.07 Å². The van der Waals surface area contributed by atoms with Gasteiger partial charge in [0.25, 0.3) is 0 Å². The molecule has 0 radical (unpaired) electrons. The lowest BCUT2D eigenvalue weighted by Gasteiger charge is -1.94. The molecule has 0 aliphatic rings. The fraction of sp³-hybridized carbons (Fsp3) is 0. The Labute approximate surface area is 124 Å². The highest BCUT2D eigenvalue weighted by Gasteiger charge is 2.02. The molecule has 0 aliphatic heterocycles. The number of pyridine rings is 2. The Morgan fingerprint density at radius 1 is 0.833 bits per heavy atom. The van der Waals surface area contributed by atoms with E-state index in [1.165, 1.54) is 24.8 Å². The van der Waals surface area contributed by atoms with Gasteiger partial charge in [-0.25, -0.2) is 0 Å². The van der Waals surface area contributed by atoms with Crippen LogP contribution in [0.3, 0.4) is 0 Å². The number of carbonyl (C=O) groups is 1. The summed E-state index contributed by atoms with van der Waals surface area (Å²) in [6.45, 7) is 0. The molecule has 0 bridgehead atoms. The van der Waals surface area contributed by atoms with Crippen LogP contribution in [0.25, 0.3) is 0 Å². The number of hydrogen-bond acceptors (Lipinski definition) is 3. The number of halogens is 4. The summed E-state index contributed by atoms with van der Waals surface area (Å²) in [4.78, 5) is 17.6. The van der Waals surface area contributed by atoms with E-state index in [9.17, 15) is 4.79 Å². The van der Waals surface area contributed by atoms with Gasteiger partial charge < -0.3 is 0 Å². The van der Waals surface area contributed by atoms with Crippen LogP contribution in [0.15, 0.2) is 30.9 Å². The zero-order valence-electron chi connectivity index (χ0n) is 8.78. The van der Waals surface area contributed by atoms with Crippen molar-refractivity contribution in [2.75, 3.05) is 0 Å². The SMILES string of the molecule is Clc1cncc(Cl)c1.O=Cc1c(Cl)cncc1Cl. The third kappa shape index (κ3) is 4.78. The smallest absolute Gasteiger partial charge is 0.153 e. The molecular weight excluding hydrogens is 318 g/mol.